The fraction of sp³-hybridized carbons (Fsp3) is 0. The van der Waals surface area contributed by atoms with Crippen molar-refractivity contribution in [2.45, 2.75) is 0 Å². The van der Waals surface area contributed by atoms with Crippen molar-refractivity contribution in [3.8, 4) is 0 Å². The first-order chi connectivity index (χ1) is 10.6. The number of anilines is 1. The maximum absolute atomic E-state index is 12.8. The van der Waals surface area contributed by atoms with Gasteiger partial charge >= 0.3 is 0 Å². The largest absolute Gasteiger partial charge is 0.422 e. The zero-order chi connectivity index (χ0) is 15.5. The van der Waals surface area contributed by atoms with Gasteiger partial charge in [-0.3, -0.25) is 4.79 Å². The number of halogens is 1. The molecule has 22 heavy (non-hydrogen) atoms. The van der Waals surface area contributed by atoms with Crippen LogP contribution in [0.3, 0.4) is 0 Å². The van der Waals surface area contributed by atoms with Crippen molar-refractivity contribution in [2.24, 2.45) is 5.10 Å². The van der Waals surface area contributed by atoms with Crippen molar-refractivity contribution in [2.75, 3.05) is 5.43 Å². The van der Waals surface area contributed by atoms with Gasteiger partial charge in [0.2, 0.25) is 0 Å². The normalized spacial score (nSPS) is 11.1. The van der Waals surface area contributed by atoms with Gasteiger partial charge in [-0.05, 0) is 29.8 Å². The molecule has 2 aromatic carbocycles. The van der Waals surface area contributed by atoms with Crippen LogP contribution < -0.4 is 11.0 Å². The molecule has 0 aliphatic heterocycles. The summed E-state index contributed by atoms with van der Waals surface area (Å²) in [5.74, 6) is -0.451. The van der Waals surface area contributed by atoms with Crippen LogP contribution in [0.4, 0.5) is 10.3 Å². The number of nitrogens with one attached hydrogen (secondary N) is 1. The summed E-state index contributed by atoms with van der Waals surface area (Å²) < 4.78 is 13.2. The van der Waals surface area contributed by atoms with E-state index < -0.39 is 5.56 Å². The number of hydrazone groups is 1. The van der Waals surface area contributed by atoms with Gasteiger partial charge in [-0.25, -0.2) is 14.8 Å². The van der Waals surface area contributed by atoms with E-state index in [2.05, 4.69) is 15.5 Å². The fourth-order valence-electron chi connectivity index (χ4n) is 1.91. The molecule has 6 nitrogen and oxygen atoms in total. The van der Waals surface area contributed by atoms with E-state index in [-0.39, 0.29) is 11.8 Å². The monoisotopic (exact) mass is 298 g/mol. The molecule has 110 valence electrons. The molecule has 1 heterocycles. The summed E-state index contributed by atoms with van der Waals surface area (Å²) in [5.41, 5.74) is 2.99. The van der Waals surface area contributed by atoms with E-state index >= 15 is 0 Å². The number of nitrogens with zero attached hydrogens (tertiary/aromatic N) is 3. The smallest absolute Gasteiger partial charge is 0.295 e. The van der Waals surface area contributed by atoms with E-state index in [4.69, 9.17) is 0 Å². The summed E-state index contributed by atoms with van der Waals surface area (Å²) in [6.45, 7) is 0. The van der Waals surface area contributed by atoms with E-state index in [0.29, 0.717) is 21.2 Å². The predicted octanol–water partition coefficient (Wildman–Crippen LogP) is 2.22. The highest BCUT2D eigenvalue weighted by Gasteiger charge is 2.08. The first-order valence-corrected chi connectivity index (χ1v) is 6.41. The number of para-hydroxylation sites is 1. The third-order valence-corrected chi connectivity index (χ3v) is 3.00. The fourth-order valence-corrected chi connectivity index (χ4v) is 1.91. The van der Waals surface area contributed by atoms with Gasteiger partial charge in [-0.1, -0.05) is 24.3 Å². The number of aromatic nitrogens is 2. The lowest BCUT2D eigenvalue weighted by Crippen LogP contribution is -2.22. The molecular weight excluding hydrogens is 287 g/mol. The molecular formula is C15H11FN4O2. The third kappa shape index (κ3) is 2.64. The summed E-state index contributed by atoms with van der Waals surface area (Å²) in [4.78, 5) is 16.1. The van der Waals surface area contributed by atoms with Gasteiger partial charge in [0.05, 0.1) is 17.1 Å². The summed E-state index contributed by atoms with van der Waals surface area (Å²) in [6, 6.07) is 12.3. The van der Waals surface area contributed by atoms with E-state index in [1.807, 2.05) is 0 Å². The van der Waals surface area contributed by atoms with Crippen LogP contribution in [-0.4, -0.2) is 21.1 Å². The van der Waals surface area contributed by atoms with Crippen LogP contribution in [0.2, 0.25) is 0 Å². The van der Waals surface area contributed by atoms with Crippen LogP contribution in [-0.2, 0) is 0 Å². The molecule has 0 unspecified atom stereocenters. The second kappa shape index (κ2) is 5.65. The first kappa shape index (κ1) is 13.7. The van der Waals surface area contributed by atoms with Crippen molar-refractivity contribution in [3.05, 3.63) is 70.3 Å². The highest BCUT2D eigenvalue weighted by Crippen LogP contribution is 2.09. The molecule has 0 saturated heterocycles. The Morgan fingerprint density at radius 3 is 2.68 bits per heavy atom. The van der Waals surface area contributed by atoms with Crippen LogP contribution in [0, 0.1) is 5.82 Å². The molecule has 3 rings (SSSR count). The van der Waals surface area contributed by atoms with E-state index in [9.17, 15) is 14.4 Å². The average Bonchev–Trinajstić information content (AvgIpc) is 2.54. The number of rotatable bonds is 3. The van der Waals surface area contributed by atoms with Gasteiger partial charge in [0.15, 0.2) is 0 Å². The SMILES string of the molecule is O=c1c2ccccc2nc(N/N=C\c2ccc(F)cc2)n1O. The Labute approximate surface area is 124 Å². The second-order valence-corrected chi connectivity index (χ2v) is 4.49. The number of fused-ring (bicyclic) bond motifs is 1. The molecule has 0 radical (unpaired) electrons. The summed E-state index contributed by atoms with van der Waals surface area (Å²) in [7, 11) is 0. The molecule has 0 spiro atoms. The molecule has 0 saturated carbocycles. The van der Waals surface area contributed by atoms with Crippen LogP contribution in [0.5, 0.6) is 0 Å². The van der Waals surface area contributed by atoms with Gasteiger partial charge in [0.1, 0.15) is 5.82 Å². The van der Waals surface area contributed by atoms with Gasteiger partial charge in [-0.2, -0.15) is 5.10 Å². The summed E-state index contributed by atoms with van der Waals surface area (Å²) in [5, 5.41) is 14.0. The van der Waals surface area contributed by atoms with E-state index in [1.54, 1.807) is 36.4 Å². The zero-order valence-electron chi connectivity index (χ0n) is 11.3. The topological polar surface area (TPSA) is 79.5 Å². The Morgan fingerprint density at radius 1 is 1.18 bits per heavy atom. The minimum atomic E-state index is -0.593. The lowest BCUT2D eigenvalue weighted by atomic mass is 10.2. The maximum atomic E-state index is 12.8. The van der Waals surface area contributed by atoms with Crippen molar-refractivity contribution < 1.29 is 9.60 Å². The van der Waals surface area contributed by atoms with Crippen LogP contribution >= 0.6 is 0 Å². The molecule has 3 aromatic rings. The second-order valence-electron chi connectivity index (χ2n) is 4.49. The van der Waals surface area contributed by atoms with Gasteiger partial charge in [0.25, 0.3) is 11.5 Å². The Bertz CT molecular complexity index is 904. The Hall–Kier alpha value is -3.22. The number of hydrogen-bond acceptors (Lipinski definition) is 5. The molecule has 7 heteroatoms. The molecule has 0 aliphatic carbocycles. The standard InChI is InChI=1S/C15H11FN4O2/c16-11-7-5-10(6-8-11)9-17-19-15-18-13-4-2-1-3-12(13)14(21)20(15)22/h1-9,22H,(H,18,19)/b17-9-. The van der Waals surface area contributed by atoms with Crippen LogP contribution in [0.15, 0.2) is 58.4 Å². The highest BCUT2D eigenvalue weighted by molar-refractivity contribution is 5.80. The number of hydrogen-bond donors (Lipinski definition) is 2. The average molecular weight is 298 g/mol. The van der Waals surface area contributed by atoms with Gasteiger partial charge < -0.3 is 5.21 Å². The minimum Gasteiger partial charge on any atom is -0.422 e. The van der Waals surface area contributed by atoms with Crippen molar-refractivity contribution in [3.63, 3.8) is 0 Å². The summed E-state index contributed by atoms with van der Waals surface area (Å²) >= 11 is 0. The van der Waals surface area contributed by atoms with Gasteiger partial charge in [0, 0.05) is 0 Å². The van der Waals surface area contributed by atoms with Crippen molar-refractivity contribution in [1.29, 1.82) is 0 Å². The molecule has 2 N–H and O–H groups in total. The molecule has 0 atom stereocenters. The van der Waals surface area contributed by atoms with Crippen molar-refractivity contribution in [1.82, 2.24) is 9.71 Å². The Balaban J connectivity index is 1.89. The minimum absolute atomic E-state index is 0.109. The number of benzene rings is 2. The first-order valence-electron chi connectivity index (χ1n) is 6.41. The lowest BCUT2D eigenvalue weighted by Gasteiger charge is -2.06. The van der Waals surface area contributed by atoms with E-state index in [1.165, 1.54) is 18.3 Å². The zero-order valence-corrected chi connectivity index (χ0v) is 11.3. The molecule has 0 bridgehead atoms. The Morgan fingerprint density at radius 2 is 1.91 bits per heavy atom. The quantitative estimate of drug-likeness (QED) is 0.441. The Kier molecular flexibility index (Phi) is 3.53. The lowest BCUT2D eigenvalue weighted by molar-refractivity contribution is 0.179. The molecule has 0 amide bonds. The van der Waals surface area contributed by atoms with Crippen molar-refractivity contribution >= 4 is 23.1 Å². The van der Waals surface area contributed by atoms with Gasteiger partial charge in [-0.15, -0.1) is 4.73 Å². The molecule has 0 aliphatic rings. The molecule has 1 aromatic heterocycles. The maximum Gasteiger partial charge on any atom is 0.295 e. The molecule has 0 fully saturated rings. The van der Waals surface area contributed by atoms with Crippen LogP contribution in [0.25, 0.3) is 10.9 Å². The summed E-state index contributed by atoms with van der Waals surface area (Å²) in [6.07, 6.45) is 1.42. The predicted molar refractivity (Wildman–Crippen MR) is 80.8 cm³/mol. The highest BCUT2D eigenvalue weighted by atomic mass is 19.1. The third-order valence-electron chi connectivity index (χ3n) is 3.00. The van der Waals surface area contributed by atoms with E-state index in [0.717, 1.165) is 0 Å². The van der Waals surface area contributed by atoms with Crippen LogP contribution in [0.1, 0.15) is 5.56 Å².